The third-order valence-electron chi connectivity index (χ3n) is 5.25. The van der Waals surface area contributed by atoms with Gasteiger partial charge in [-0.2, -0.15) is 13.2 Å². The summed E-state index contributed by atoms with van der Waals surface area (Å²) in [5.41, 5.74) is -5.96. The lowest BCUT2D eigenvalue weighted by molar-refractivity contribution is -0.138. The van der Waals surface area contributed by atoms with Crippen LogP contribution in [-0.4, -0.2) is 49.8 Å². The summed E-state index contributed by atoms with van der Waals surface area (Å²) in [7, 11) is 0. The highest BCUT2D eigenvalue weighted by molar-refractivity contribution is 6.05. The van der Waals surface area contributed by atoms with Gasteiger partial charge >= 0.3 is 12.1 Å². The van der Waals surface area contributed by atoms with Crippen molar-refractivity contribution in [1.29, 1.82) is 0 Å². The fourth-order valence-electron chi connectivity index (χ4n) is 3.07. The summed E-state index contributed by atoms with van der Waals surface area (Å²) in [4.78, 5) is 49.2. The average Bonchev–Trinajstić information content (AvgIpc) is 2.74. The topological polar surface area (TPSA) is 158 Å². The molecule has 0 bridgehead atoms. The number of nitrogens with one attached hydrogen (secondary N) is 2. The van der Waals surface area contributed by atoms with Gasteiger partial charge in [0.15, 0.2) is 5.75 Å². The Morgan fingerprint density at radius 2 is 1.63 bits per heavy atom. The van der Waals surface area contributed by atoms with Crippen molar-refractivity contribution in [2.24, 2.45) is 0 Å². The highest BCUT2D eigenvalue weighted by atomic mass is 19.4. The number of pyridine rings is 1. The van der Waals surface area contributed by atoms with Crippen LogP contribution >= 0.6 is 0 Å². The Morgan fingerprint density at radius 3 is 2.17 bits per heavy atom. The number of alkyl halides is 3. The molecular weight excluding hydrogens is 475 g/mol. The number of carbonyl (C=O) groups is 3. The maximum absolute atomic E-state index is 13.5. The second-order valence-corrected chi connectivity index (χ2v) is 8.24. The minimum atomic E-state index is -4.82. The van der Waals surface area contributed by atoms with E-state index >= 15 is 0 Å². The van der Waals surface area contributed by atoms with Gasteiger partial charge in [-0.3, -0.25) is 23.7 Å². The molecule has 0 saturated heterocycles. The SMILES string of the molecule is CCC(C)(C)NC(=O)c1c(O)c(C(=O)NCC(=O)O)c(=O)n(Cc2ccccc2C(F)(F)F)c1O. The summed E-state index contributed by atoms with van der Waals surface area (Å²) in [5, 5.41) is 34.4. The van der Waals surface area contributed by atoms with Gasteiger partial charge in [0, 0.05) is 5.54 Å². The number of nitrogens with zero attached hydrogens (tertiary/aromatic N) is 1. The molecule has 1 aromatic heterocycles. The maximum Gasteiger partial charge on any atom is 0.416 e. The molecular formula is C22H24F3N3O7. The molecule has 0 fully saturated rings. The van der Waals surface area contributed by atoms with Crippen LogP contribution in [0.25, 0.3) is 0 Å². The molecule has 190 valence electrons. The summed E-state index contributed by atoms with van der Waals surface area (Å²) in [6.45, 7) is 3.06. The second kappa shape index (κ2) is 10.1. The van der Waals surface area contributed by atoms with E-state index in [2.05, 4.69) is 5.32 Å². The van der Waals surface area contributed by atoms with E-state index in [0.717, 1.165) is 18.2 Å². The average molecular weight is 499 g/mol. The Balaban J connectivity index is 2.78. The predicted octanol–water partition coefficient (Wildman–Crippen LogP) is 2.06. The Hall–Kier alpha value is -4.03. The number of aromatic nitrogens is 1. The standard InChI is InChI=1S/C22H24F3N3O7/c1-4-21(2,3)27-18(33)15-16(31)14(17(32)26-9-13(29)30)19(34)28(20(15)35)10-11-7-5-6-8-12(11)22(23,24)25/h5-8,31,35H,4,9-10H2,1-3H3,(H,26,32)(H,27,33)(H,29,30). The molecule has 1 heterocycles. The Morgan fingerprint density at radius 1 is 1.03 bits per heavy atom. The Labute approximate surface area is 197 Å². The molecule has 2 rings (SSSR count). The molecule has 0 aliphatic heterocycles. The maximum atomic E-state index is 13.5. The van der Waals surface area contributed by atoms with Crippen molar-refractivity contribution >= 4 is 17.8 Å². The lowest BCUT2D eigenvalue weighted by atomic mass is 10.0. The Bertz CT molecular complexity index is 1220. The van der Waals surface area contributed by atoms with Crippen molar-refractivity contribution in [3.8, 4) is 11.6 Å². The number of carboxylic acid groups (broad SMARTS) is 1. The molecule has 1 aromatic carbocycles. The fraction of sp³-hybridized carbons (Fsp3) is 0.364. The predicted molar refractivity (Wildman–Crippen MR) is 116 cm³/mol. The van der Waals surface area contributed by atoms with E-state index in [1.165, 1.54) is 6.07 Å². The van der Waals surface area contributed by atoms with Crippen LogP contribution in [-0.2, 0) is 17.5 Å². The molecule has 2 aromatic rings. The van der Waals surface area contributed by atoms with E-state index in [9.17, 15) is 42.6 Å². The number of halogens is 3. The summed E-state index contributed by atoms with van der Waals surface area (Å²) >= 11 is 0. The van der Waals surface area contributed by atoms with Gasteiger partial charge in [-0.15, -0.1) is 0 Å². The first-order valence-electron chi connectivity index (χ1n) is 10.3. The first-order chi connectivity index (χ1) is 16.1. The molecule has 0 saturated carbocycles. The summed E-state index contributed by atoms with van der Waals surface area (Å²) in [6.07, 6.45) is -4.43. The van der Waals surface area contributed by atoms with Crippen molar-refractivity contribution in [2.45, 2.75) is 45.5 Å². The normalized spacial score (nSPS) is 11.7. The number of hydrogen-bond donors (Lipinski definition) is 5. The largest absolute Gasteiger partial charge is 0.506 e. The van der Waals surface area contributed by atoms with Gasteiger partial charge in [0.05, 0.1) is 12.1 Å². The monoisotopic (exact) mass is 499 g/mol. The van der Waals surface area contributed by atoms with E-state index < -0.39 is 82.0 Å². The van der Waals surface area contributed by atoms with Crippen LogP contribution in [0.1, 0.15) is 59.0 Å². The number of amides is 2. The van der Waals surface area contributed by atoms with E-state index in [4.69, 9.17) is 5.11 Å². The molecule has 13 heteroatoms. The number of carboxylic acids is 1. The van der Waals surface area contributed by atoms with Gasteiger partial charge in [-0.1, -0.05) is 25.1 Å². The van der Waals surface area contributed by atoms with Crippen molar-refractivity contribution in [1.82, 2.24) is 15.2 Å². The first kappa shape index (κ1) is 27.2. The number of carbonyl (C=O) groups excluding carboxylic acids is 2. The highest BCUT2D eigenvalue weighted by Gasteiger charge is 2.35. The molecule has 0 aliphatic rings. The number of benzene rings is 1. The number of aromatic hydroxyl groups is 2. The Kier molecular flexibility index (Phi) is 7.83. The van der Waals surface area contributed by atoms with Crippen LogP contribution in [0, 0.1) is 0 Å². The van der Waals surface area contributed by atoms with E-state index in [-0.39, 0.29) is 0 Å². The molecule has 10 nitrogen and oxygen atoms in total. The molecule has 0 atom stereocenters. The lowest BCUT2D eigenvalue weighted by Crippen LogP contribution is -2.44. The number of hydrogen-bond acceptors (Lipinski definition) is 6. The van der Waals surface area contributed by atoms with E-state index in [0.29, 0.717) is 11.0 Å². The zero-order valence-corrected chi connectivity index (χ0v) is 19.0. The third-order valence-corrected chi connectivity index (χ3v) is 5.25. The van der Waals surface area contributed by atoms with Gasteiger partial charge in [0.1, 0.15) is 17.7 Å². The zero-order chi connectivity index (χ0) is 26.7. The van der Waals surface area contributed by atoms with E-state index in [1.807, 2.05) is 5.32 Å². The molecule has 0 radical (unpaired) electrons. The fourth-order valence-corrected chi connectivity index (χ4v) is 3.07. The van der Waals surface area contributed by atoms with Crippen LogP contribution in [0.2, 0.25) is 0 Å². The number of aliphatic carboxylic acids is 1. The highest BCUT2D eigenvalue weighted by Crippen LogP contribution is 2.34. The molecule has 2 amide bonds. The summed E-state index contributed by atoms with van der Waals surface area (Å²) in [5.74, 6) is -6.43. The summed E-state index contributed by atoms with van der Waals surface area (Å²) in [6, 6.07) is 4.15. The van der Waals surface area contributed by atoms with Gasteiger partial charge in [-0.05, 0) is 31.9 Å². The van der Waals surface area contributed by atoms with Crippen molar-refractivity contribution in [3.63, 3.8) is 0 Å². The van der Waals surface area contributed by atoms with E-state index in [1.54, 1.807) is 20.8 Å². The van der Waals surface area contributed by atoms with Crippen molar-refractivity contribution in [3.05, 3.63) is 56.9 Å². The number of rotatable bonds is 8. The van der Waals surface area contributed by atoms with Gasteiger partial charge in [-0.25, -0.2) is 0 Å². The van der Waals surface area contributed by atoms with Gasteiger partial charge < -0.3 is 26.0 Å². The minimum Gasteiger partial charge on any atom is -0.506 e. The first-order valence-corrected chi connectivity index (χ1v) is 10.3. The van der Waals surface area contributed by atoms with Crippen LogP contribution in [0.15, 0.2) is 29.1 Å². The third kappa shape index (κ3) is 6.11. The molecule has 5 N–H and O–H groups in total. The van der Waals surface area contributed by atoms with Crippen LogP contribution < -0.4 is 16.2 Å². The van der Waals surface area contributed by atoms with Crippen molar-refractivity contribution in [2.75, 3.05) is 6.54 Å². The molecule has 35 heavy (non-hydrogen) atoms. The minimum absolute atomic E-state index is 0.327. The molecule has 0 aliphatic carbocycles. The van der Waals surface area contributed by atoms with Gasteiger partial charge in [0.25, 0.3) is 17.4 Å². The van der Waals surface area contributed by atoms with Crippen molar-refractivity contribution < 1.29 is 42.9 Å². The summed E-state index contributed by atoms with van der Waals surface area (Å²) < 4.78 is 40.7. The van der Waals surface area contributed by atoms with Crippen LogP contribution in [0.5, 0.6) is 11.6 Å². The van der Waals surface area contributed by atoms with Crippen LogP contribution in [0.3, 0.4) is 0 Å². The lowest BCUT2D eigenvalue weighted by Gasteiger charge is -2.25. The molecule has 0 unspecified atom stereocenters. The molecule has 0 spiro atoms. The van der Waals surface area contributed by atoms with Crippen LogP contribution in [0.4, 0.5) is 13.2 Å². The second-order valence-electron chi connectivity index (χ2n) is 8.24. The quantitative estimate of drug-likeness (QED) is 0.372. The van der Waals surface area contributed by atoms with Gasteiger partial charge in [0.2, 0.25) is 5.88 Å². The zero-order valence-electron chi connectivity index (χ0n) is 19.0. The smallest absolute Gasteiger partial charge is 0.416 e.